The fourth-order valence-corrected chi connectivity index (χ4v) is 4.31. The number of para-hydroxylation sites is 2. The fraction of sp³-hybridized carbons (Fsp3) is 0.304. The molecule has 0 spiro atoms. The number of hydrogen-bond acceptors (Lipinski definition) is 3. The molecule has 3 heterocycles. The summed E-state index contributed by atoms with van der Waals surface area (Å²) in [6, 6.07) is 18.4. The van der Waals surface area contributed by atoms with Gasteiger partial charge in [0.1, 0.15) is 5.75 Å². The van der Waals surface area contributed by atoms with Gasteiger partial charge in [0.25, 0.3) is 0 Å². The minimum atomic E-state index is -0.0103. The van der Waals surface area contributed by atoms with Crippen LogP contribution in [0.5, 0.6) is 5.75 Å². The number of hydrogen-bond donors (Lipinski definition) is 1. The van der Waals surface area contributed by atoms with Gasteiger partial charge in [-0.05, 0) is 55.0 Å². The van der Waals surface area contributed by atoms with Crippen molar-refractivity contribution in [1.82, 2.24) is 19.8 Å². The van der Waals surface area contributed by atoms with E-state index in [9.17, 15) is 0 Å². The van der Waals surface area contributed by atoms with Crippen molar-refractivity contribution in [3.05, 3.63) is 78.4 Å². The van der Waals surface area contributed by atoms with Crippen LogP contribution in [0.1, 0.15) is 43.2 Å². The number of nitrogens with one attached hydrogen (secondary N) is 1. The Labute approximate surface area is 177 Å². The van der Waals surface area contributed by atoms with Gasteiger partial charge in [-0.25, -0.2) is 0 Å². The van der Waals surface area contributed by atoms with E-state index in [1.54, 1.807) is 7.11 Å². The normalized spacial score (nSPS) is 18.7. The van der Waals surface area contributed by atoms with Crippen molar-refractivity contribution < 1.29 is 4.74 Å². The molecule has 1 aliphatic heterocycles. The molecule has 4 rings (SSSR count). The van der Waals surface area contributed by atoms with Crippen LogP contribution in [0.3, 0.4) is 0 Å². The first kappa shape index (κ1) is 19.5. The van der Waals surface area contributed by atoms with Crippen molar-refractivity contribution in [2.45, 2.75) is 31.8 Å². The van der Waals surface area contributed by atoms with E-state index in [-0.39, 0.29) is 12.1 Å². The number of aromatic nitrogens is 2. The lowest BCUT2D eigenvalue weighted by Crippen LogP contribution is -2.31. The lowest BCUT2D eigenvalue weighted by Gasteiger charge is -2.29. The average molecular weight is 407 g/mol. The molecule has 1 saturated heterocycles. The third-order valence-corrected chi connectivity index (χ3v) is 5.73. The lowest BCUT2D eigenvalue weighted by atomic mass is 10.0. The van der Waals surface area contributed by atoms with E-state index in [0.717, 1.165) is 47.3 Å². The van der Waals surface area contributed by atoms with Crippen LogP contribution in [0, 0.1) is 0 Å². The average Bonchev–Trinajstić information content (AvgIpc) is 3.37. The topological polar surface area (TPSA) is 42.3 Å². The molecule has 29 heavy (non-hydrogen) atoms. The van der Waals surface area contributed by atoms with Crippen LogP contribution < -0.4 is 10.1 Å². The van der Waals surface area contributed by atoms with Crippen LogP contribution in [0.4, 0.5) is 0 Å². The molecule has 0 radical (unpaired) electrons. The zero-order chi connectivity index (χ0) is 20.2. The minimum Gasteiger partial charge on any atom is -0.495 e. The first-order chi connectivity index (χ1) is 14.2. The molecule has 150 valence electrons. The first-order valence-corrected chi connectivity index (χ1v) is 10.4. The number of unbranched alkanes of at least 4 members (excludes halogenated alkanes) is 1. The maximum atomic E-state index is 5.74. The van der Waals surface area contributed by atoms with Gasteiger partial charge in [-0.2, -0.15) is 0 Å². The van der Waals surface area contributed by atoms with Gasteiger partial charge >= 0.3 is 0 Å². The lowest BCUT2D eigenvalue weighted by molar-refractivity contribution is 0.304. The first-order valence-electron chi connectivity index (χ1n) is 10.0. The smallest absolute Gasteiger partial charge is 0.170 e. The highest BCUT2D eigenvalue weighted by molar-refractivity contribution is 7.80. The molecule has 1 aromatic carbocycles. The van der Waals surface area contributed by atoms with E-state index in [4.69, 9.17) is 17.0 Å². The third-order valence-electron chi connectivity index (χ3n) is 5.38. The Bertz CT molecular complexity index is 972. The number of nitrogens with zero attached hydrogens (tertiary/aromatic N) is 3. The van der Waals surface area contributed by atoms with Crippen LogP contribution in [-0.2, 0) is 0 Å². The minimum absolute atomic E-state index is 0.0103. The summed E-state index contributed by atoms with van der Waals surface area (Å²) in [6.45, 7) is 3.11. The van der Waals surface area contributed by atoms with Crippen molar-refractivity contribution in [3.8, 4) is 11.4 Å². The summed E-state index contributed by atoms with van der Waals surface area (Å²) in [7, 11) is 1.71. The molecule has 1 fully saturated rings. The highest BCUT2D eigenvalue weighted by Gasteiger charge is 2.41. The zero-order valence-corrected chi connectivity index (χ0v) is 17.6. The second kappa shape index (κ2) is 8.66. The van der Waals surface area contributed by atoms with E-state index >= 15 is 0 Å². The summed E-state index contributed by atoms with van der Waals surface area (Å²) < 4.78 is 7.83. The highest BCUT2D eigenvalue weighted by atomic mass is 32.1. The Balaban J connectivity index is 1.81. The Morgan fingerprint density at radius 3 is 2.69 bits per heavy atom. The molecule has 1 N–H and O–H groups in total. The van der Waals surface area contributed by atoms with Gasteiger partial charge in [0.05, 0.1) is 30.6 Å². The van der Waals surface area contributed by atoms with Crippen LogP contribution >= 0.6 is 12.2 Å². The molecule has 0 saturated carbocycles. The van der Waals surface area contributed by atoms with Crippen LogP contribution in [0.15, 0.2) is 67.0 Å². The summed E-state index contributed by atoms with van der Waals surface area (Å²) in [4.78, 5) is 6.93. The number of rotatable bonds is 7. The standard InChI is InChI=1S/C23H26N4OS/c1-3-4-15-27-22(21(25-23(27)29)17-10-7-8-14-24-17)19-12-9-16-26(19)18-11-5-6-13-20(18)28-2/h5-14,16,21-22H,3-4,15H2,1-2H3,(H,25,29)/t21-,22+/m1/s1. The third kappa shape index (κ3) is 3.72. The molecule has 2 aromatic heterocycles. The molecule has 2 atom stereocenters. The van der Waals surface area contributed by atoms with E-state index in [1.807, 2.05) is 36.5 Å². The Kier molecular flexibility index (Phi) is 5.81. The van der Waals surface area contributed by atoms with Crippen molar-refractivity contribution in [2.75, 3.05) is 13.7 Å². The summed E-state index contributed by atoms with van der Waals surface area (Å²) in [6.07, 6.45) is 6.13. The summed E-state index contributed by atoms with van der Waals surface area (Å²) in [5.74, 6) is 0.841. The summed E-state index contributed by atoms with van der Waals surface area (Å²) in [5.41, 5.74) is 3.17. The predicted molar refractivity (Wildman–Crippen MR) is 119 cm³/mol. The number of thiocarbonyl (C=S) groups is 1. The van der Waals surface area contributed by atoms with Crippen molar-refractivity contribution >= 4 is 17.3 Å². The number of pyridine rings is 1. The van der Waals surface area contributed by atoms with E-state index < -0.39 is 0 Å². The van der Waals surface area contributed by atoms with E-state index in [0.29, 0.717) is 0 Å². The number of benzene rings is 1. The van der Waals surface area contributed by atoms with E-state index in [2.05, 4.69) is 57.2 Å². The molecule has 0 unspecified atom stereocenters. The molecule has 3 aromatic rings. The van der Waals surface area contributed by atoms with E-state index in [1.165, 1.54) is 0 Å². The van der Waals surface area contributed by atoms with Gasteiger partial charge in [-0.3, -0.25) is 4.98 Å². The highest BCUT2D eigenvalue weighted by Crippen LogP contribution is 2.40. The van der Waals surface area contributed by atoms with Crippen molar-refractivity contribution in [1.29, 1.82) is 0 Å². The van der Waals surface area contributed by atoms with Gasteiger partial charge in [-0.1, -0.05) is 31.5 Å². The largest absolute Gasteiger partial charge is 0.495 e. The molecule has 0 aliphatic carbocycles. The molecule has 0 bridgehead atoms. The quantitative estimate of drug-likeness (QED) is 0.579. The Hall–Kier alpha value is -2.86. The van der Waals surface area contributed by atoms with Crippen LogP contribution in [0.2, 0.25) is 0 Å². The zero-order valence-electron chi connectivity index (χ0n) is 16.8. The van der Waals surface area contributed by atoms with Gasteiger partial charge < -0.3 is 19.5 Å². The maximum Gasteiger partial charge on any atom is 0.170 e. The van der Waals surface area contributed by atoms with Gasteiger partial charge in [0, 0.05) is 24.6 Å². The number of ether oxygens (including phenoxy) is 1. The second-order valence-electron chi connectivity index (χ2n) is 7.15. The SMILES string of the molecule is CCCCN1C(=S)N[C@H](c2ccccn2)[C@@H]1c1cccn1-c1ccccc1OC. The van der Waals surface area contributed by atoms with Crippen LogP contribution in [-0.4, -0.2) is 33.2 Å². The van der Waals surface area contributed by atoms with Crippen molar-refractivity contribution in [2.24, 2.45) is 0 Å². The monoisotopic (exact) mass is 406 g/mol. The molecule has 0 amide bonds. The second-order valence-corrected chi connectivity index (χ2v) is 7.54. The van der Waals surface area contributed by atoms with Crippen LogP contribution in [0.25, 0.3) is 5.69 Å². The molecule has 5 nitrogen and oxygen atoms in total. The van der Waals surface area contributed by atoms with Gasteiger partial charge in [-0.15, -0.1) is 0 Å². The summed E-state index contributed by atoms with van der Waals surface area (Å²) >= 11 is 5.74. The Morgan fingerprint density at radius 2 is 1.93 bits per heavy atom. The molecular weight excluding hydrogens is 380 g/mol. The molecule has 1 aliphatic rings. The summed E-state index contributed by atoms with van der Waals surface area (Å²) in [5, 5.41) is 4.31. The van der Waals surface area contributed by atoms with Crippen molar-refractivity contribution in [3.63, 3.8) is 0 Å². The predicted octanol–water partition coefficient (Wildman–Crippen LogP) is 4.65. The Morgan fingerprint density at radius 1 is 1.10 bits per heavy atom. The molecular formula is C23H26N4OS. The maximum absolute atomic E-state index is 5.74. The van der Waals surface area contributed by atoms with Gasteiger partial charge in [0.2, 0.25) is 0 Å². The van der Waals surface area contributed by atoms with Gasteiger partial charge in [0.15, 0.2) is 5.11 Å². The molecule has 6 heteroatoms. The number of methoxy groups -OCH3 is 1. The fourth-order valence-electron chi connectivity index (χ4n) is 3.98.